The van der Waals surface area contributed by atoms with Crippen molar-refractivity contribution in [1.82, 2.24) is 4.98 Å². The second kappa shape index (κ2) is 4.16. The van der Waals surface area contributed by atoms with Gasteiger partial charge in [0.2, 0.25) is 5.88 Å². The predicted octanol–water partition coefficient (Wildman–Crippen LogP) is 2.34. The highest BCUT2D eigenvalue weighted by Crippen LogP contribution is 2.15. The van der Waals surface area contributed by atoms with Gasteiger partial charge in [-0.1, -0.05) is 0 Å². The van der Waals surface area contributed by atoms with Crippen molar-refractivity contribution in [2.75, 3.05) is 6.61 Å². The molecule has 1 heterocycles. The maximum absolute atomic E-state index is 11.8. The molecular formula is C9H11F2NO. The van der Waals surface area contributed by atoms with E-state index in [1.165, 1.54) is 0 Å². The van der Waals surface area contributed by atoms with E-state index >= 15 is 0 Å². The van der Waals surface area contributed by atoms with Crippen molar-refractivity contribution in [3.63, 3.8) is 0 Å². The van der Waals surface area contributed by atoms with Crippen molar-refractivity contribution < 1.29 is 13.5 Å². The van der Waals surface area contributed by atoms with Gasteiger partial charge in [-0.2, -0.15) is 0 Å². The van der Waals surface area contributed by atoms with Crippen LogP contribution in [0.4, 0.5) is 8.78 Å². The van der Waals surface area contributed by atoms with Gasteiger partial charge in [-0.3, -0.25) is 0 Å². The van der Waals surface area contributed by atoms with E-state index in [1.54, 1.807) is 13.1 Å². The molecule has 0 aliphatic heterocycles. The molecule has 0 saturated carbocycles. The average molecular weight is 187 g/mol. The Bertz CT molecular complexity index is 289. The third-order valence-corrected chi connectivity index (χ3v) is 1.51. The molecule has 0 unspecified atom stereocenters. The van der Waals surface area contributed by atoms with Crippen molar-refractivity contribution in [3.8, 4) is 5.88 Å². The molecule has 0 N–H and O–H groups in total. The SMILES string of the molecule is Cc1cnc(OCC(F)F)c(C)c1. The van der Waals surface area contributed by atoms with Gasteiger partial charge in [-0.05, 0) is 25.5 Å². The summed E-state index contributed by atoms with van der Waals surface area (Å²) >= 11 is 0. The number of pyridine rings is 1. The lowest BCUT2D eigenvalue weighted by molar-refractivity contribution is 0.0792. The van der Waals surface area contributed by atoms with Gasteiger partial charge in [0, 0.05) is 11.8 Å². The number of hydrogen-bond acceptors (Lipinski definition) is 2. The van der Waals surface area contributed by atoms with Gasteiger partial charge in [0.05, 0.1) is 0 Å². The number of aryl methyl sites for hydroxylation is 2. The van der Waals surface area contributed by atoms with E-state index in [-0.39, 0.29) is 5.88 Å². The molecule has 0 bridgehead atoms. The van der Waals surface area contributed by atoms with Gasteiger partial charge >= 0.3 is 0 Å². The number of halogens is 2. The zero-order chi connectivity index (χ0) is 9.84. The average Bonchev–Trinajstić information content (AvgIpc) is 2.02. The van der Waals surface area contributed by atoms with Crippen LogP contribution >= 0.6 is 0 Å². The summed E-state index contributed by atoms with van der Waals surface area (Å²) in [6.07, 6.45) is -0.865. The third kappa shape index (κ3) is 2.97. The summed E-state index contributed by atoms with van der Waals surface area (Å²) in [5.41, 5.74) is 1.77. The second-order valence-corrected chi connectivity index (χ2v) is 2.84. The number of hydrogen-bond donors (Lipinski definition) is 0. The van der Waals surface area contributed by atoms with Crippen LogP contribution in [0.5, 0.6) is 5.88 Å². The van der Waals surface area contributed by atoms with E-state index in [9.17, 15) is 8.78 Å². The van der Waals surface area contributed by atoms with Crippen molar-refractivity contribution in [2.45, 2.75) is 20.3 Å². The van der Waals surface area contributed by atoms with Crippen LogP contribution in [0.3, 0.4) is 0 Å². The summed E-state index contributed by atoms with van der Waals surface area (Å²) in [6, 6.07) is 1.84. The normalized spacial score (nSPS) is 10.5. The maximum Gasteiger partial charge on any atom is 0.272 e. The molecule has 1 aromatic heterocycles. The van der Waals surface area contributed by atoms with Gasteiger partial charge in [0.1, 0.15) is 0 Å². The second-order valence-electron chi connectivity index (χ2n) is 2.84. The number of alkyl halides is 2. The van der Waals surface area contributed by atoms with Crippen LogP contribution in [0, 0.1) is 13.8 Å². The summed E-state index contributed by atoms with van der Waals surface area (Å²) < 4.78 is 28.3. The Morgan fingerprint density at radius 1 is 1.46 bits per heavy atom. The summed E-state index contributed by atoms with van der Waals surface area (Å²) in [6.45, 7) is 3.06. The van der Waals surface area contributed by atoms with Crippen molar-refractivity contribution in [1.29, 1.82) is 0 Å². The van der Waals surface area contributed by atoms with Crippen LogP contribution in [0.25, 0.3) is 0 Å². The van der Waals surface area contributed by atoms with Crippen LogP contribution in [-0.2, 0) is 0 Å². The summed E-state index contributed by atoms with van der Waals surface area (Å²) in [5, 5.41) is 0. The minimum atomic E-state index is -2.46. The molecule has 0 aromatic carbocycles. The van der Waals surface area contributed by atoms with Gasteiger partial charge in [-0.25, -0.2) is 13.8 Å². The minimum absolute atomic E-state index is 0.283. The van der Waals surface area contributed by atoms with E-state index in [2.05, 4.69) is 4.98 Å². The molecule has 0 aliphatic carbocycles. The Labute approximate surface area is 75.6 Å². The molecule has 72 valence electrons. The van der Waals surface area contributed by atoms with Crippen LogP contribution in [0.2, 0.25) is 0 Å². The van der Waals surface area contributed by atoms with E-state index in [0.717, 1.165) is 11.1 Å². The Morgan fingerprint density at radius 2 is 2.15 bits per heavy atom. The van der Waals surface area contributed by atoms with Gasteiger partial charge in [-0.15, -0.1) is 0 Å². The molecule has 0 saturated heterocycles. The van der Waals surface area contributed by atoms with E-state index in [1.807, 2.05) is 13.0 Å². The molecule has 0 radical (unpaired) electrons. The fourth-order valence-corrected chi connectivity index (χ4v) is 0.996. The Kier molecular flexibility index (Phi) is 3.17. The lowest BCUT2D eigenvalue weighted by Crippen LogP contribution is -2.08. The fourth-order valence-electron chi connectivity index (χ4n) is 0.996. The summed E-state index contributed by atoms with van der Waals surface area (Å²) in [7, 11) is 0. The van der Waals surface area contributed by atoms with Crippen LogP contribution in [0.1, 0.15) is 11.1 Å². The number of aromatic nitrogens is 1. The molecule has 0 atom stereocenters. The first-order chi connectivity index (χ1) is 6.09. The zero-order valence-corrected chi connectivity index (χ0v) is 7.55. The minimum Gasteiger partial charge on any atom is -0.471 e. The maximum atomic E-state index is 11.8. The van der Waals surface area contributed by atoms with E-state index in [4.69, 9.17) is 4.74 Å². The van der Waals surface area contributed by atoms with Gasteiger partial charge < -0.3 is 4.74 Å². The molecule has 13 heavy (non-hydrogen) atoms. The molecule has 4 heteroatoms. The van der Waals surface area contributed by atoms with Crippen LogP contribution in [0.15, 0.2) is 12.3 Å². The largest absolute Gasteiger partial charge is 0.471 e. The molecular weight excluding hydrogens is 176 g/mol. The highest BCUT2D eigenvalue weighted by atomic mass is 19.3. The van der Waals surface area contributed by atoms with Crippen LogP contribution < -0.4 is 4.74 Å². The Balaban J connectivity index is 2.67. The lowest BCUT2D eigenvalue weighted by atomic mass is 10.2. The molecule has 2 nitrogen and oxygen atoms in total. The van der Waals surface area contributed by atoms with Crippen molar-refractivity contribution in [2.24, 2.45) is 0 Å². The highest BCUT2D eigenvalue weighted by Gasteiger charge is 2.06. The standard InChI is InChI=1S/C9H11F2NO/c1-6-3-7(2)9(12-4-6)13-5-8(10)11/h3-4,8H,5H2,1-2H3. The third-order valence-electron chi connectivity index (χ3n) is 1.51. The summed E-state index contributed by atoms with van der Waals surface area (Å²) in [5.74, 6) is 0.283. The molecule has 0 fully saturated rings. The summed E-state index contributed by atoms with van der Waals surface area (Å²) in [4.78, 5) is 3.89. The van der Waals surface area contributed by atoms with Crippen LogP contribution in [-0.4, -0.2) is 18.0 Å². The molecule has 0 spiro atoms. The van der Waals surface area contributed by atoms with E-state index in [0.29, 0.717) is 0 Å². The topological polar surface area (TPSA) is 22.1 Å². The monoisotopic (exact) mass is 187 g/mol. The van der Waals surface area contributed by atoms with E-state index < -0.39 is 13.0 Å². The highest BCUT2D eigenvalue weighted by molar-refractivity contribution is 5.27. The first kappa shape index (κ1) is 9.89. The molecule has 0 amide bonds. The quantitative estimate of drug-likeness (QED) is 0.724. The smallest absolute Gasteiger partial charge is 0.272 e. The molecule has 1 aromatic rings. The fraction of sp³-hybridized carbons (Fsp3) is 0.444. The number of ether oxygens (including phenoxy) is 1. The zero-order valence-electron chi connectivity index (χ0n) is 7.55. The number of rotatable bonds is 3. The van der Waals surface area contributed by atoms with Crippen molar-refractivity contribution >= 4 is 0 Å². The van der Waals surface area contributed by atoms with Crippen molar-refractivity contribution in [3.05, 3.63) is 23.4 Å². The number of nitrogens with zero attached hydrogens (tertiary/aromatic N) is 1. The Hall–Kier alpha value is -1.19. The van der Waals surface area contributed by atoms with Gasteiger partial charge in [0.25, 0.3) is 6.43 Å². The lowest BCUT2D eigenvalue weighted by Gasteiger charge is -2.07. The first-order valence-corrected chi connectivity index (χ1v) is 3.94. The molecule has 0 aliphatic rings. The Morgan fingerprint density at radius 3 is 2.69 bits per heavy atom. The first-order valence-electron chi connectivity index (χ1n) is 3.94. The molecule has 1 rings (SSSR count). The predicted molar refractivity (Wildman–Crippen MR) is 45.2 cm³/mol. The van der Waals surface area contributed by atoms with Gasteiger partial charge in [0.15, 0.2) is 6.61 Å².